The summed E-state index contributed by atoms with van der Waals surface area (Å²) in [5.74, 6) is 0.937. The second kappa shape index (κ2) is 5.74. The van der Waals surface area contributed by atoms with Crippen molar-refractivity contribution in [2.24, 2.45) is 5.92 Å². The minimum absolute atomic E-state index is 0.509. The van der Waals surface area contributed by atoms with Gasteiger partial charge in [-0.2, -0.15) is 0 Å². The summed E-state index contributed by atoms with van der Waals surface area (Å²) >= 11 is 1.88. The molecule has 2 heterocycles. The van der Waals surface area contributed by atoms with Gasteiger partial charge in [-0.15, -0.1) is 11.3 Å². The highest BCUT2D eigenvalue weighted by atomic mass is 32.1. The topological polar surface area (TPSA) is 28.2 Å². The van der Waals surface area contributed by atoms with Gasteiger partial charge in [0.15, 0.2) is 0 Å². The fraction of sp³-hybridized carbons (Fsp3) is 0.812. The summed E-state index contributed by atoms with van der Waals surface area (Å²) in [7, 11) is 0. The molecule has 1 N–H and O–H groups in total. The van der Waals surface area contributed by atoms with E-state index in [-0.39, 0.29) is 0 Å². The van der Waals surface area contributed by atoms with Crippen LogP contribution in [-0.2, 0) is 0 Å². The molecule has 3 nitrogen and oxygen atoms in total. The Morgan fingerprint density at radius 2 is 2.15 bits per heavy atom. The summed E-state index contributed by atoms with van der Waals surface area (Å²) in [6, 6.07) is 1.89. The normalized spacial score (nSPS) is 29.6. The molecule has 3 unspecified atom stereocenters. The number of aromatic nitrogens is 1. The zero-order valence-electron chi connectivity index (χ0n) is 13.1. The number of thiazole rings is 1. The number of nitrogens with one attached hydrogen (secondary N) is 1. The molecule has 1 aliphatic carbocycles. The van der Waals surface area contributed by atoms with Gasteiger partial charge < -0.3 is 5.32 Å². The molecule has 0 amide bonds. The fourth-order valence-electron chi connectivity index (χ4n) is 3.60. The molecule has 1 saturated heterocycles. The summed E-state index contributed by atoms with van der Waals surface area (Å²) in [5.41, 5.74) is 1.23. The van der Waals surface area contributed by atoms with Gasteiger partial charge in [0.05, 0.1) is 10.7 Å². The standard InChI is InChI=1S/C16H27N3S/c1-5-14-8-17-15(13-6-7-13)9-19(14)11(3)16-10(2)18-12(4)20-16/h11,13-15,17H,5-9H2,1-4H3. The molecule has 0 aromatic carbocycles. The molecule has 3 rings (SSSR count). The number of aryl methyl sites for hydroxylation is 2. The maximum absolute atomic E-state index is 4.62. The molecule has 1 aromatic heterocycles. The average Bonchev–Trinajstić information content (AvgIpc) is 3.23. The van der Waals surface area contributed by atoms with Gasteiger partial charge in [0.2, 0.25) is 0 Å². The summed E-state index contributed by atoms with van der Waals surface area (Å²) in [6.07, 6.45) is 4.08. The first-order chi connectivity index (χ1) is 9.60. The molecule has 2 fully saturated rings. The van der Waals surface area contributed by atoms with Crippen LogP contribution < -0.4 is 5.32 Å². The van der Waals surface area contributed by atoms with Crippen LogP contribution in [-0.4, -0.2) is 35.1 Å². The SMILES string of the molecule is CCC1CNC(C2CC2)CN1C(C)c1sc(C)nc1C. The molecule has 0 radical (unpaired) electrons. The fourth-order valence-corrected chi connectivity index (χ4v) is 4.60. The van der Waals surface area contributed by atoms with E-state index in [0.29, 0.717) is 12.1 Å². The largest absolute Gasteiger partial charge is 0.311 e. The Bertz CT molecular complexity index is 466. The zero-order valence-corrected chi connectivity index (χ0v) is 14.0. The van der Waals surface area contributed by atoms with Gasteiger partial charge in [-0.1, -0.05) is 6.92 Å². The minimum Gasteiger partial charge on any atom is -0.311 e. The third-order valence-corrected chi connectivity index (χ3v) is 6.21. The molecule has 1 saturated carbocycles. The monoisotopic (exact) mass is 293 g/mol. The summed E-state index contributed by atoms with van der Waals surface area (Å²) in [6.45, 7) is 11.3. The lowest BCUT2D eigenvalue weighted by atomic mass is 10.0. The molecular weight excluding hydrogens is 266 g/mol. The Morgan fingerprint density at radius 3 is 2.70 bits per heavy atom. The van der Waals surface area contributed by atoms with E-state index < -0.39 is 0 Å². The summed E-state index contributed by atoms with van der Waals surface area (Å²) in [4.78, 5) is 8.83. The van der Waals surface area contributed by atoms with E-state index in [1.807, 2.05) is 11.3 Å². The summed E-state index contributed by atoms with van der Waals surface area (Å²) in [5, 5.41) is 4.98. The first-order valence-corrected chi connectivity index (χ1v) is 8.84. The first-order valence-electron chi connectivity index (χ1n) is 8.03. The molecule has 112 valence electrons. The van der Waals surface area contributed by atoms with Crippen molar-refractivity contribution in [3.05, 3.63) is 15.6 Å². The van der Waals surface area contributed by atoms with Gasteiger partial charge >= 0.3 is 0 Å². The highest BCUT2D eigenvalue weighted by Gasteiger charge is 2.38. The van der Waals surface area contributed by atoms with Crippen molar-refractivity contribution in [1.29, 1.82) is 0 Å². The minimum atomic E-state index is 0.509. The lowest BCUT2D eigenvalue weighted by molar-refractivity contribution is 0.0814. The summed E-state index contributed by atoms with van der Waals surface area (Å²) < 4.78 is 0. The van der Waals surface area contributed by atoms with E-state index in [1.165, 1.54) is 41.4 Å². The number of nitrogens with zero attached hydrogens (tertiary/aromatic N) is 2. The van der Waals surface area contributed by atoms with Crippen molar-refractivity contribution in [3.63, 3.8) is 0 Å². The number of hydrogen-bond acceptors (Lipinski definition) is 4. The van der Waals surface area contributed by atoms with Crippen molar-refractivity contribution in [3.8, 4) is 0 Å². The third-order valence-electron chi connectivity index (χ3n) is 4.97. The van der Waals surface area contributed by atoms with Crippen LogP contribution in [0.4, 0.5) is 0 Å². The molecule has 2 aliphatic rings. The third kappa shape index (κ3) is 2.78. The zero-order chi connectivity index (χ0) is 14.3. The van der Waals surface area contributed by atoms with Crippen molar-refractivity contribution >= 4 is 11.3 Å². The average molecular weight is 293 g/mol. The molecule has 20 heavy (non-hydrogen) atoms. The Kier molecular flexibility index (Phi) is 4.16. The van der Waals surface area contributed by atoms with Crippen LogP contribution in [0.25, 0.3) is 0 Å². The number of rotatable bonds is 4. The van der Waals surface area contributed by atoms with E-state index in [0.717, 1.165) is 18.5 Å². The van der Waals surface area contributed by atoms with Crippen LogP contribution in [0.2, 0.25) is 0 Å². The number of piperazine rings is 1. The Balaban J connectivity index is 1.78. The van der Waals surface area contributed by atoms with E-state index in [4.69, 9.17) is 0 Å². The van der Waals surface area contributed by atoms with Crippen LogP contribution in [0, 0.1) is 19.8 Å². The van der Waals surface area contributed by atoms with Gasteiger partial charge in [0.1, 0.15) is 0 Å². The maximum Gasteiger partial charge on any atom is 0.0900 e. The van der Waals surface area contributed by atoms with Crippen molar-refractivity contribution in [2.45, 2.75) is 65.1 Å². The highest BCUT2D eigenvalue weighted by molar-refractivity contribution is 7.11. The predicted octanol–water partition coefficient (Wildman–Crippen LogP) is 3.28. The Labute approximate surface area is 126 Å². The van der Waals surface area contributed by atoms with Crippen LogP contribution in [0.5, 0.6) is 0 Å². The molecule has 1 aromatic rings. The molecule has 4 heteroatoms. The number of hydrogen-bond donors (Lipinski definition) is 1. The van der Waals surface area contributed by atoms with Crippen molar-refractivity contribution in [2.75, 3.05) is 13.1 Å². The van der Waals surface area contributed by atoms with Gasteiger partial charge in [-0.3, -0.25) is 4.90 Å². The van der Waals surface area contributed by atoms with E-state index in [1.54, 1.807) is 0 Å². The Morgan fingerprint density at radius 1 is 1.40 bits per heavy atom. The quantitative estimate of drug-likeness (QED) is 0.923. The van der Waals surface area contributed by atoms with Gasteiger partial charge in [-0.05, 0) is 46.0 Å². The predicted molar refractivity (Wildman–Crippen MR) is 85.3 cm³/mol. The molecule has 1 aliphatic heterocycles. The second-order valence-corrected chi connectivity index (χ2v) is 7.70. The lowest BCUT2D eigenvalue weighted by Gasteiger charge is -2.43. The van der Waals surface area contributed by atoms with E-state index in [9.17, 15) is 0 Å². The van der Waals surface area contributed by atoms with Crippen LogP contribution in [0.15, 0.2) is 0 Å². The second-order valence-electron chi connectivity index (χ2n) is 6.47. The maximum atomic E-state index is 4.62. The smallest absolute Gasteiger partial charge is 0.0900 e. The first kappa shape index (κ1) is 14.5. The molecule has 3 atom stereocenters. The Hall–Kier alpha value is -0.450. The van der Waals surface area contributed by atoms with Crippen molar-refractivity contribution in [1.82, 2.24) is 15.2 Å². The van der Waals surface area contributed by atoms with E-state index in [2.05, 4.69) is 42.9 Å². The lowest BCUT2D eigenvalue weighted by Crippen LogP contribution is -2.57. The highest BCUT2D eigenvalue weighted by Crippen LogP contribution is 2.37. The van der Waals surface area contributed by atoms with Crippen LogP contribution in [0.3, 0.4) is 0 Å². The van der Waals surface area contributed by atoms with Gasteiger partial charge in [-0.25, -0.2) is 4.98 Å². The molecular formula is C16H27N3S. The van der Waals surface area contributed by atoms with Crippen LogP contribution in [0.1, 0.15) is 54.7 Å². The van der Waals surface area contributed by atoms with Gasteiger partial charge in [0.25, 0.3) is 0 Å². The molecule has 0 bridgehead atoms. The van der Waals surface area contributed by atoms with E-state index >= 15 is 0 Å². The van der Waals surface area contributed by atoms with Gasteiger partial charge in [0, 0.05) is 36.1 Å². The van der Waals surface area contributed by atoms with Crippen LogP contribution >= 0.6 is 11.3 Å². The van der Waals surface area contributed by atoms with Crippen molar-refractivity contribution < 1.29 is 0 Å². The molecule has 0 spiro atoms.